The number of piperidine rings is 1. The number of benzene rings is 2. The summed E-state index contributed by atoms with van der Waals surface area (Å²) in [6.07, 6.45) is -10.6. The van der Waals surface area contributed by atoms with Gasteiger partial charge in [-0.25, -0.2) is 9.59 Å². The third-order valence-corrected chi connectivity index (χ3v) is 19.9. The zero-order valence-corrected chi connectivity index (χ0v) is 48.3. The molecule has 10 heterocycles. The number of carboxylic acid groups (broad SMARTS) is 1. The highest BCUT2D eigenvalue weighted by atomic mass is 16.8. The van der Waals surface area contributed by atoms with E-state index in [0.717, 1.165) is 49.5 Å². The average molecular weight is 1250 g/mol. The Morgan fingerprint density at radius 2 is 1.66 bits per heavy atom. The van der Waals surface area contributed by atoms with E-state index in [-0.39, 0.29) is 76.7 Å². The van der Waals surface area contributed by atoms with Crippen molar-refractivity contribution in [2.45, 2.75) is 173 Å². The van der Waals surface area contributed by atoms with Crippen LogP contribution in [0.5, 0.6) is 23.0 Å². The first kappa shape index (κ1) is 61.2. The van der Waals surface area contributed by atoms with E-state index in [1.807, 2.05) is 13.0 Å². The number of Topliss-reactive ketones (excluding diaryl/α,β-unsaturated/α-hetero) is 1. The molecule has 2 aromatic carbocycles. The lowest BCUT2D eigenvalue weighted by Crippen LogP contribution is -2.81. The Morgan fingerprint density at radius 1 is 0.867 bits per heavy atom. The number of aromatic hydroxyl groups is 3. The number of allylic oxidation sites excluding steroid dienone is 4. The number of nitrogens with one attached hydrogen (secondary N) is 3. The van der Waals surface area contributed by atoms with Gasteiger partial charge in [0.15, 0.2) is 34.9 Å². The molecule has 3 spiro atoms. The van der Waals surface area contributed by atoms with Crippen molar-refractivity contribution in [1.82, 2.24) is 15.6 Å². The fourth-order valence-corrected chi connectivity index (χ4v) is 15.2. The van der Waals surface area contributed by atoms with Gasteiger partial charge in [-0.3, -0.25) is 14.9 Å². The molecule has 476 valence electrons. The Labute approximate surface area is 511 Å². The first-order chi connectivity index (χ1) is 42.8. The third kappa shape index (κ3) is 8.91. The number of hydrogen-bond acceptors (Lipinski definition) is 24. The van der Waals surface area contributed by atoms with Gasteiger partial charge in [-0.05, 0) is 92.0 Å². The summed E-state index contributed by atoms with van der Waals surface area (Å²) < 4.78 is 32.9. The molecule has 0 amide bonds. The highest BCUT2D eigenvalue weighted by molar-refractivity contribution is 5.90. The van der Waals surface area contributed by atoms with Crippen molar-refractivity contribution in [3.63, 3.8) is 0 Å². The van der Waals surface area contributed by atoms with E-state index in [4.69, 9.17) is 23.4 Å². The van der Waals surface area contributed by atoms with E-state index in [1.165, 1.54) is 24.4 Å². The quantitative estimate of drug-likeness (QED) is 0.0381. The molecule has 16 unspecified atom stereocenters. The average Bonchev–Trinajstić information content (AvgIpc) is 1.29. The normalized spacial score (nSPS) is 36.6. The molecule has 2 aliphatic carbocycles. The molecule has 8 aliphatic heterocycles. The van der Waals surface area contributed by atoms with Crippen LogP contribution in [-0.2, 0) is 35.0 Å². The fourth-order valence-electron chi connectivity index (χ4n) is 15.2. The second-order valence-corrected chi connectivity index (χ2v) is 25.0. The molecule has 10 aliphatic rings. The minimum atomic E-state index is -4.12. The van der Waals surface area contributed by atoms with Gasteiger partial charge in [0.25, 0.3) is 11.4 Å². The molecule has 26 nitrogen and oxygen atoms in total. The number of carboxylic acids is 1. The Balaban J connectivity index is 1.16. The maximum Gasteiger partial charge on any atom is 0.354 e. The fraction of sp³-hybridized carbons (Fsp3) is 0.500. The Hall–Kier alpha value is -7.64. The Kier molecular flexibility index (Phi) is 14.8. The first-order valence-corrected chi connectivity index (χ1v) is 29.9. The molecule has 4 saturated heterocycles. The molecule has 8 bridgehead atoms. The van der Waals surface area contributed by atoms with E-state index >= 15 is 4.79 Å². The summed E-state index contributed by atoms with van der Waals surface area (Å²) in [4.78, 5) is 62.6. The van der Waals surface area contributed by atoms with Gasteiger partial charge in [-0.1, -0.05) is 43.3 Å². The van der Waals surface area contributed by atoms with Crippen LogP contribution in [0.4, 0.5) is 0 Å². The van der Waals surface area contributed by atoms with Crippen LogP contribution in [0, 0.1) is 35.5 Å². The molecular weight excluding hydrogens is 1180 g/mol. The predicted octanol–water partition coefficient (Wildman–Crippen LogP) is -0.00350. The summed E-state index contributed by atoms with van der Waals surface area (Å²) in [6, 6.07) is 6.32. The Morgan fingerprint density at radius 3 is 2.40 bits per heavy atom. The van der Waals surface area contributed by atoms with Crippen molar-refractivity contribution in [1.29, 1.82) is 0 Å². The number of dihydropyridines is 1. The van der Waals surface area contributed by atoms with Crippen LogP contribution in [-0.4, -0.2) is 184 Å². The summed E-state index contributed by atoms with van der Waals surface area (Å²) in [7, 11) is 0. The summed E-state index contributed by atoms with van der Waals surface area (Å²) in [5.41, 5.74) is -10.1. The lowest BCUT2D eigenvalue weighted by molar-refractivity contribution is -0.434. The Bertz CT molecular complexity index is 3990. The number of hydrogen-bond donors (Lipinski definition) is 17. The highest BCUT2D eigenvalue weighted by Gasteiger charge is 2.78. The van der Waals surface area contributed by atoms with Crippen molar-refractivity contribution in [2.75, 3.05) is 13.2 Å². The number of aliphatic hydroxyl groups is 10. The van der Waals surface area contributed by atoms with Crippen LogP contribution in [0.1, 0.15) is 112 Å². The van der Waals surface area contributed by atoms with E-state index in [1.54, 1.807) is 0 Å². The number of aliphatic carboxylic acids is 1. The summed E-state index contributed by atoms with van der Waals surface area (Å²) >= 11 is 0. The van der Waals surface area contributed by atoms with Crippen LogP contribution < -0.4 is 20.8 Å². The van der Waals surface area contributed by atoms with Gasteiger partial charge in [0, 0.05) is 108 Å². The minimum absolute atomic E-state index is 0.00957. The maximum atomic E-state index is 16.3. The van der Waals surface area contributed by atoms with E-state index in [0.29, 0.717) is 11.3 Å². The molecule has 0 radical (unpaired) electrons. The van der Waals surface area contributed by atoms with Gasteiger partial charge in [0.2, 0.25) is 17.2 Å². The molecule has 17 N–H and O–H groups in total. The van der Waals surface area contributed by atoms with Crippen molar-refractivity contribution in [3.8, 4) is 58.0 Å². The van der Waals surface area contributed by atoms with Crippen LogP contribution in [0.25, 0.3) is 22.3 Å². The lowest BCUT2D eigenvalue weighted by atomic mass is 9.66. The molecule has 4 aromatic rings. The maximum absolute atomic E-state index is 16.3. The molecule has 2 aromatic heterocycles. The molecule has 16 atom stereocenters. The van der Waals surface area contributed by atoms with E-state index in [2.05, 4.69) is 39.3 Å². The largest absolute Gasteiger partial charge is 0.507 e. The topological polar surface area (TPSA) is 441 Å². The molecule has 14 rings (SSSR count). The zero-order valence-electron chi connectivity index (χ0n) is 48.3. The number of phenols is 3. The van der Waals surface area contributed by atoms with Gasteiger partial charge in [0.05, 0.1) is 12.6 Å². The molecule has 26 heteroatoms. The summed E-state index contributed by atoms with van der Waals surface area (Å²) in [6.45, 7) is 0.348. The molecule has 1 saturated carbocycles. The standard InChI is InChI=1S/C64H67N3O23/c1-2-39-36(22-35-30-6-3-8-33(20-30)66-56(35)67-39)37-23-38-34-9-10-40(70)41(71)18-28(27-69)26-62-53(77)55(79)64(84,85)60(89-62,57(80)81)14-5-15-61(58(82)88-62)59(83,13-4-7-29-11-16-65-49(29)34)52(76)54(78)63(38,90-61)87-46-25-45-48(51(75)47(37)46)42(72)24-44(86-45)32-19-31(12-17-68)50(74)43(73)21-32/h11,16,19,21-25,28,30,33-34,37,40,52-56,65-70,73-79,83-85H,2-3,6,8-10,12-13,15,17-18,20,26-27H2,1H3,(H,80,81). The van der Waals surface area contributed by atoms with Gasteiger partial charge in [-0.15, -0.1) is 0 Å². The van der Waals surface area contributed by atoms with E-state index < -0.39 is 185 Å². The highest BCUT2D eigenvalue weighted by Crippen LogP contribution is 2.60. The van der Waals surface area contributed by atoms with Crippen molar-refractivity contribution in [3.05, 3.63) is 104 Å². The van der Waals surface area contributed by atoms with E-state index in [9.17, 15) is 85.9 Å². The van der Waals surface area contributed by atoms with Crippen LogP contribution in [0.2, 0.25) is 0 Å². The van der Waals surface area contributed by atoms with Crippen LogP contribution in [0.3, 0.4) is 0 Å². The second kappa shape index (κ2) is 21.8. The number of carbonyl (C=O) groups excluding carboxylic acids is 2. The monoisotopic (exact) mass is 1250 g/mol. The third-order valence-electron chi connectivity index (χ3n) is 19.9. The minimum Gasteiger partial charge on any atom is -0.507 e. The van der Waals surface area contributed by atoms with Gasteiger partial charge in [-0.2, -0.15) is 0 Å². The number of rotatable bonds is 7. The molecule has 5 fully saturated rings. The van der Waals surface area contributed by atoms with Crippen molar-refractivity contribution < 1.29 is 109 Å². The number of aromatic nitrogens is 1. The van der Waals surface area contributed by atoms with Crippen LogP contribution >= 0.6 is 0 Å². The van der Waals surface area contributed by atoms with Gasteiger partial charge >= 0.3 is 11.9 Å². The second-order valence-electron chi connectivity index (χ2n) is 25.0. The number of aliphatic hydroxyl groups excluding tert-OH is 7. The lowest BCUT2D eigenvalue weighted by Gasteiger charge is -2.59. The number of ketones is 1. The number of carbonyl (C=O) groups is 3. The zero-order chi connectivity index (χ0) is 63.9. The predicted molar refractivity (Wildman–Crippen MR) is 307 cm³/mol. The summed E-state index contributed by atoms with van der Waals surface area (Å²) in [5, 5.41) is 173. The van der Waals surface area contributed by atoms with Gasteiger partial charge < -0.3 is 105 Å². The van der Waals surface area contributed by atoms with Crippen molar-refractivity contribution >= 4 is 28.7 Å². The smallest absolute Gasteiger partial charge is 0.354 e. The SMILES string of the molecule is CCC1=C(C2C=C3C4CCC(O)C(=O)CC(CO)CC56OC(=O)C7(CC#CC(C(=O)O)(O5)C(O)(O)C(O)C6O)OC3(Oc3cc5oc(-c6cc(O)c(O)c(CCO)c6)cc(=O)c5c(O)c32)C(O)C(O)C7(O)CC#Cc2cc[nH]c24)C=C2C3CCCC(C3)NC2N1. The number of ether oxygens (including phenoxy) is 4. The summed E-state index contributed by atoms with van der Waals surface area (Å²) in [5.74, 6) is -13.1. The number of aromatic amines is 1. The van der Waals surface area contributed by atoms with Crippen molar-refractivity contribution in [2.24, 2.45) is 11.8 Å². The number of fused-ring (bicyclic) bond motifs is 10. The number of phenolic OH excluding ortho intramolecular Hbond substituents is 3. The van der Waals surface area contributed by atoms with Crippen LogP contribution in [0.15, 0.2) is 80.3 Å². The molecule has 90 heavy (non-hydrogen) atoms. The molecular formula is C64H67N3O23. The number of H-pyrrole nitrogens is 1. The van der Waals surface area contributed by atoms with Gasteiger partial charge in [0.1, 0.15) is 52.1 Å². The number of esters is 1. The first-order valence-electron chi connectivity index (χ1n) is 29.9.